The predicted octanol–water partition coefficient (Wildman–Crippen LogP) is 2.13. The molecule has 0 aliphatic heterocycles. The molecular formula is C11H15F2NO2S. The largest absolute Gasteiger partial charge is 0.216 e. The van der Waals surface area contributed by atoms with Crippen LogP contribution in [0.15, 0.2) is 18.2 Å². The van der Waals surface area contributed by atoms with Gasteiger partial charge in [0.2, 0.25) is 10.0 Å². The second-order valence-electron chi connectivity index (χ2n) is 4.10. The molecule has 1 aromatic carbocycles. The molecule has 17 heavy (non-hydrogen) atoms. The lowest BCUT2D eigenvalue weighted by atomic mass is 10.2. The van der Waals surface area contributed by atoms with E-state index in [4.69, 9.17) is 0 Å². The van der Waals surface area contributed by atoms with E-state index in [-0.39, 0.29) is 6.54 Å². The number of hydrogen-bond acceptors (Lipinski definition) is 2. The Labute approximate surface area is 100 Å². The van der Waals surface area contributed by atoms with Gasteiger partial charge >= 0.3 is 0 Å². The Kier molecular flexibility index (Phi) is 4.21. The molecule has 1 rings (SSSR count). The van der Waals surface area contributed by atoms with Gasteiger partial charge in [0.15, 0.2) is 11.6 Å². The summed E-state index contributed by atoms with van der Waals surface area (Å²) in [6, 6.07) is 3.35. The fraction of sp³-hybridized carbons (Fsp3) is 0.455. The fourth-order valence-electron chi connectivity index (χ4n) is 1.34. The number of halogens is 2. The average Bonchev–Trinajstić information content (AvgIpc) is 2.23. The number of rotatable bonds is 4. The smallest absolute Gasteiger partial charge is 0.212 e. The standard InChI is InChI=1S/C11H15F2NO2S/c1-8(2)17(15,16)14(3)7-9-4-5-10(12)11(13)6-9/h4-6,8H,7H2,1-3H3. The third-order valence-electron chi connectivity index (χ3n) is 2.42. The van der Waals surface area contributed by atoms with E-state index < -0.39 is 26.9 Å². The van der Waals surface area contributed by atoms with Crippen molar-refractivity contribution in [3.63, 3.8) is 0 Å². The SMILES string of the molecule is CC(C)S(=O)(=O)N(C)Cc1ccc(F)c(F)c1. The minimum absolute atomic E-state index is 0.0255. The lowest BCUT2D eigenvalue weighted by molar-refractivity contribution is 0.455. The normalized spacial score (nSPS) is 12.4. The maximum atomic E-state index is 12.9. The highest BCUT2D eigenvalue weighted by Crippen LogP contribution is 2.14. The molecule has 0 amide bonds. The van der Waals surface area contributed by atoms with Crippen LogP contribution in [0.25, 0.3) is 0 Å². The molecule has 96 valence electrons. The Morgan fingerprint density at radius 2 is 1.82 bits per heavy atom. The van der Waals surface area contributed by atoms with E-state index >= 15 is 0 Å². The van der Waals surface area contributed by atoms with Crippen LogP contribution in [0.1, 0.15) is 19.4 Å². The van der Waals surface area contributed by atoms with Crippen molar-refractivity contribution < 1.29 is 17.2 Å². The summed E-state index contributed by atoms with van der Waals surface area (Å²) in [6.45, 7) is 3.16. The first-order valence-electron chi connectivity index (χ1n) is 5.14. The van der Waals surface area contributed by atoms with Crippen LogP contribution in [0.4, 0.5) is 8.78 Å². The molecule has 0 N–H and O–H groups in total. The molecule has 0 radical (unpaired) electrons. The lowest BCUT2D eigenvalue weighted by Crippen LogP contribution is -2.32. The van der Waals surface area contributed by atoms with Gasteiger partial charge in [-0.1, -0.05) is 6.07 Å². The monoisotopic (exact) mass is 263 g/mol. The van der Waals surface area contributed by atoms with E-state index in [1.54, 1.807) is 13.8 Å². The summed E-state index contributed by atoms with van der Waals surface area (Å²) in [7, 11) is -1.97. The number of nitrogens with zero attached hydrogens (tertiary/aromatic N) is 1. The second kappa shape index (κ2) is 5.10. The van der Waals surface area contributed by atoms with Crippen LogP contribution in [-0.2, 0) is 16.6 Å². The van der Waals surface area contributed by atoms with E-state index in [9.17, 15) is 17.2 Å². The maximum Gasteiger partial charge on any atom is 0.216 e. The highest BCUT2D eigenvalue weighted by atomic mass is 32.2. The van der Waals surface area contributed by atoms with Crippen molar-refractivity contribution >= 4 is 10.0 Å². The van der Waals surface area contributed by atoms with Gasteiger partial charge < -0.3 is 0 Å². The van der Waals surface area contributed by atoms with E-state index in [0.717, 1.165) is 16.4 Å². The van der Waals surface area contributed by atoms with Gasteiger partial charge in [-0.2, -0.15) is 0 Å². The van der Waals surface area contributed by atoms with Crippen LogP contribution in [0.3, 0.4) is 0 Å². The molecule has 1 aromatic rings. The molecular weight excluding hydrogens is 248 g/mol. The Bertz CT molecular complexity index is 500. The van der Waals surface area contributed by atoms with Crippen molar-refractivity contribution in [2.75, 3.05) is 7.05 Å². The molecule has 0 aliphatic carbocycles. The van der Waals surface area contributed by atoms with Crippen molar-refractivity contribution in [3.8, 4) is 0 Å². The van der Waals surface area contributed by atoms with Crippen LogP contribution in [-0.4, -0.2) is 25.0 Å². The topological polar surface area (TPSA) is 37.4 Å². The van der Waals surface area contributed by atoms with E-state index in [0.29, 0.717) is 5.56 Å². The summed E-state index contributed by atoms with van der Waals surface area (Å²) < 4.78 is 50.3. The zero-order valence-electron chi connectivity index (χ0n) is 9.94. The second-order valence-corrected chi connectivity index (χ2v) is 6.69. The molecule has 0 fully saturated rings. The molecule has 0 heterocycles. The number of hydrogen-bond donors (Lipinski definition) is 0. The lowest BCUT2D eigenvalue weighted by Gasteiger charge is -2.19. The molecule has 0 saturated carbocycles. The van der Waals surface area contributed by atoms with Gasteiger partial charge in [0.1, 0.15) is 0 Å². The molecule has 3 nitrogen and oxygen atoms in total. The summed E-state index contributed by atoms with van der Waals surface area (Å²) in [4.78, 5) is 0. The molecule has 0 spiro atoms. The summed E-state index contributed by atoms with van der Waals surface area (Å²) in [5, 5.41) is -0.544. The van der Waals surface area contributed by atoms with Crippen molar-refractivity contribution in [1.82, 2.24) is 4.31 Å². The molecule has 6 heteroatoms. The van der Waals surface area contributed by atoms with Gasteiger partial charge in [-0.25, -0.2) is 21.5 Å². The molecule has 0 unspecified atom stereocenters. The van der Waals surface area contributed by atoms with Crippen LogP contribution >= 0.6 is 0 Å². The first kappa shape index (κ1) is 14.1. The third kappa shape index (κ3) is 3.23. The van der Waals surface area contributed by atoms with Crippen molar-refractivity contribution in [3.05, 3.63) is 35.4 Å². The van der Waals surface area contributed by atoms with Crippen LogP contribution in [0.2, 0.25) is 0 Å². The van der Waals surface area contributed by atoms with Crippen molar-refractivity contribution in [2.45, 2.75) is 25.6 Å². The molecule has 0 bridgehead atoms. The summed E-state index contributed by atoms with van der Waals surface area (Å²) in [6.07, 6.45) is 0. The van der Waals surface area contributed by atoms with Crippen LogP contribution in [0, 0.1) is 11.6 Å². The van der Waals surface area contributed by atoms with Crippen molar-refractivity contribution in [1.29, 1.82) is 0 Å². The predicted molar refractivity (Wildman–Crippen MR) is 61.9 cm³/mol. The van der Waals surface area contributed by atoms with Gasteiger partial charge in [0.05, 0.1) is 5.25 Å². The van der Waals surface area contributed by atoms with Gasteiger partial charge in [0, 0.05) is 13.6 Å². The molecule has 0 atom stereocenters. The summed E-state index contributed by atoms with van der Waals surface area (Å²) in [5.74, 6) is -1.92. The molecule has 0 aliphatic rings. The van der Waals surface area contributed by atoms with Gasteiger partial charge in [-0.15, -0.1) is 0 Å². The van der Waals surface area contributed by atoms with Gasteiger partial charge in [-0.3, -0.25) is 0 Å². The van der Waals surface area contributed by atoms with Gasteiger partial charge in [-0.05, 0) is 31.5 Å². The van der Waals surface area contributed by atoms with E-state index in [1.165, 1.54) is 13.1 Å². The molecule has 0 saturated heterocycles. The van der Waals surface area contributed by atoms with Crippen LogP contribution < -0.4 is 0 Å². The quantitative estimate of drug-likeness (QED) is 0.834. The van der Waals surface area contributed by atoms with Crippen molar-refractivity contribution in [2.24, 2.45) is 0 Å². The number of benzene rings is 1. The van der Waals surface area contributed by atoms with E-state index in [1.807, 2.05) is 0 Å². The zero-order chi connectivity index (χ0) is 13.2. The Hall–Kier alpha value is -1.01. The number of sulfonamides is 1. The summed E-state index contributed by atoms with van der Waals surface area (Å²) in [5.41, 5.74) is 0.413. The third-order valence-corrected chi connectivity index (χ3v) is 4.61. The fourth-order valence-corrected chi connectivity index (χ4v) is 2.39. The average molecular weight is 263 g/mol. The first-order chi connectivity index (χ1) is 7.75. The Morgan fingerprint density at radius 3 is 2.29 bits per heavy atom. The Balaban J connectivity index is 2.89. The minimum Gasteiger partial charge on any atom is -0.212 e. The highest BCUT2D eigenvalue weighted by molar-refractivity contribution is 7.89. The molecule has 0 aromatic heterocycles. The zero-order valence-corrected chi connectivity index (χ0v) is 10.8. The highest BCUT2D eigenvalue weighted by Gasteiger charge is 2.22. The Morgan fingerprint density at radius 1 is 1.24 bits per heavy atom. The van der Waals surface area contributed by atoms with Crippen LogP contribution in [0.5, 0.6) is 0 Å². The summed E-state index contributed by atoms with van der Waals surface area (Å²) >= 11 is 0. The first-order valence-corrected chi connectivity index (χ1v) is 6.64. The van der Waals surface area contributed by atoms with E-state index in [2.05, 4.69) is 0 Å². The minimum atomic E-state index is -3.38. The maximum absolute atomic E-state index is 12.9. The van der Waals surface area contributed by atoms with Gasteiger partial charge in [0.25, 0.3) is 0 Å².